The zero-order valence-electron chi connectivity index (χ0n) is 11.2. The minimum absolute atomic E-state index is 0.0161. The average molecular weight is 326 g/mol. The topological polar surface area (TPSA) is 26.0 Å². The molecule has 4 heteroatoms. The van der Waals surface area contributed by atoms with Crippen LogP contribution in [0.25, 0.3) is 0 Å². The third kappa shape index (κ3) is 3.92. The molecule has 2 atom stereocenters. The van der Waals surface area contributed by atoms with E-state index in [4.69, 9.17) is 28.9 Å². The lowest BCUT2D eigenvalue weighted by molar-refractivity contribution is 0.721. The van der Waals surface area contributed by atoms with Crippen LogP contribution >= 0.6 is 35.0 Å². The first-order valence-electron chi connectivity index (χ1n) is 6.44. The van der Waals surface area contributed by atoms with E-state index in [1.165, 1.54) is 0 Å². The molecule has 0 aliphatic heterocycles. The second kappa shape index (κ2) is 7.37. The van der Waals surface area contributed by atoms with Gasteiger partial charge in [-0.3, -0.25) is 0 Å². The zero-order chi connectivity index (χ0) is 14.5. The van der Waals surface area contributed by atoms with Crippen LogP contribution in [0.15, 0.2) is 48.5 Å². The van der Waals surface area contributed by atoms with Crippen molar-refractivity contribution < 1.29 is 0 Å². The molecule has 0 radical (unpaired) electrons. The summed E-state index contributed by atoms with van der Waals surface area (Å²) in [7, 11) is 0. The van der Waals surface area contributed by atoms with E-state index >= 15 is 0 Å². The largest absolute Gasteiger partial charge is 0.327 e. The molecule has 0 saturated heterocycles. The lowest BCUT2D eigenvalue weighted by Gasteiger charge is -2.22. The zero-order valence-corrected chi connectivity index (χ0v) is 13.6. The summed E-state index contributed by atoms with van der Waals surface area (Å²) in [5, 5.41) is 1.71. The lowest BCUT2D eigenvalue weighted by Crippen LogP contribution is -2.23. The molecule has 2 aromatic carbocycles. The molecule has 0 aliphatic rings. The standard InChI is InChI=1S/C16H17Cl2NS/c1-11(19)16(13-7-3-5-9-15(13)18)20-10-12-6-2-4-8-14(12)17/h2-9,11,16H,10,19H2,1H3. The summed E-state index contributed by atoms with van der Waals surface area (Å²) >= 11 is 14.2. The number of rotatable bonds is 5. The maximum atomic E-state index is 6.28. The van der Waals surface area contributed by atoms with Crippen LogP contribution < -0.4 is 5.73 Å². The summed E-state index contributed by atoms with van der Waals surface area (Å²) in [5.41, 5.74) is 8.33. The van der Waals surface area contributed by atoms with Crippen LogP contribution in [-0.4, -0.2) is 6.04 Å². The molecule has 2 unspecified atom stereocenters. The Labute approximate surface area is 134 Å². The van der Waals surface area contributed by atoms with Crippen LogP contribution in [-0.2, 0) is 5.75 Å². The van der Waals surface area contributed by atoms with Gasteiger partial charge in [0.05, 0.1) is 0 Å². The van der Waals surface area contributed by atoms with Gasteiger partial charge in [0.15, 0.2) is 0 Å². The molecule has 0 fully saturated rings. The molecule has 2 N–H and O–H groups in total. The van der Waals surface area contributed by atoms with Gasteiger partial charge in [-0.1, -0.05) is 59.6 Å². The van der Waals surface area contributed by atoms with Crippen molar-refractivity contribution in [1.29, 1.82) is 0 Å². The second-order valence-corrected chi connectivity index (χ2v) is 6.65. The molecule has 20 heavy (non-hydrogen) atoms. The molecule has 0 aromatic heterocycles. The fourth-order valence-electron chi connectivity index (χ4n) is 2.03. The Kier molecular flexibility index (Phi) is 5.79. The van der Waals surface area contributed by atoms with Gasteiger partial charge in [-0.2, -0.15) is 0 Å². The van der Waals surface area contributed by atoms with Crippen molar-refractivity contribution in [2.75, 3.05) is 0 Å². The number of nitrogens with two attached hydrogens (primary N) is 1. The minimum Gasteiger partial charge on any atom is -0.327 e. The van der Waals surface area contributed by atoms with Crippen LogP contribution in [0.5, 0.6) is 0 Å². The van der Waals surface area contributed by atoms with Crippen molar-refractivity contribution in [3.05, 3.63) is 69.7 Å². The van der Waals surface area contributed by atoms with Crippen molar-refractivity contribution in [3.63, 3.8) is 0 Å². The van der Waals surface area contributed by atoms with Gasteiger partial charge in [-0.15, -0.1) is 11.8 Å². The summed E-state index contributed by atoms with van der Waals surface area (Å²) in [4.78, 5) is 0. The van der Waals surface area contributed by atoms with Crippen LogP contribution in [0.4, 0.5) is 0 Å². The minimum atomic E-state index is 0.0161. The number of hydrogen-bond donors (Lipinski definition) is 1. The Morgan fingerprint density at radius 2 is 1.60 bits per heavy atom. The summed E-state index contributed by atoms with van der Waals surface area (Å²) in [6.45, 7) is 2.01. The van der Waals surface area contributed by atoms with Crippen LogP contribution in [0, 0.1) is 0 Å². The summed E-state index contributed by atoms with van der Waals surface area (Å²) in [5.74, 6) is 0.817. The van der Waals surface area contributed by atoms with Gasteiger partial charge < -0.3 is 5.73 Å². The quantitative estimate of drug-likeness (QED) is 0.805. The Hall–Kier alpha value is -0.670. The van der Waals surface area contributed by atoms with Gasteiger partial charge in [0.25, 0.3) is 0 Å². The van der Waals surface area contributed by atoms with Crippen molar-refractivity contribution in [1.82, 2.24) is 0 Å². The Morgan fingerprint density at radius 3 is 2.20 bits per heavy atom. The van der Waals surface area contributed by atoms with E-state index in [0.717, 1.165) is 26.9 Å². The SMILES string of the molecule is CC(N)C(SCc1ccccc1Cl)c1ccccc1Cl. The number of halogens is 2. The molecule has 1 nitrogen and oxygen atoms in total. The first kappa shape index (κ1) is 15.7. The van der Waals surface area contributed by atoms with Gasteiger partial charge in [0.1, 0.15) is 0 Å². The van der Waals surface area contributed by atoms with Gasteiger partial charge in [-0.05, 0) is 30.2 Å². The first-order valence-corrected chi connectivity index (χ1v) is 8.25. The van der Waals surface area contributed by atoms with E-state index < -0.39 is 0 Å². The predicted octanol–water partition coefficient (Wildman–Crippen LogP) is 5.32. The first-order chi connectivity index (χ1) is 9.59. The Morgan fingerprint density at radius 1 is 1.00 bits per heavy atom. The maximum Gasteiger partial charge on any atom is 0.0463 e. The molecule has 106 valence electrons. The molecule has 0 amide bonds. The monoisotopic (exact) mass is 325 g/mol. The Bertz CT molecular complexity index is 572. The van der Waals surface area contributed by atoms with Crippen molar-refractivity contribution in [2.45, 2.75) is 24.0 Å². The molecule has 0 heterocycles. The smallest absolute Gasteiger partial charge is 0.0463 e. The highest BCUT2D eigenvalue weighted by molar-refractivity contribution is 7.98. The summed E-state index contributed by atoms with van der Waals surface area (Å²) < 4.78 is 0. The fourth-order valence-corrected chi connectivity index (χ4v) is 3.92. The van der Waals surface area contributed by atoms with E-state index in [-0.39, 0.29) is 11.3 Å². The van der Waals surface area contributed by atoms with Gasteiger partial charge in [0, 0.05) is 27.1 Å². The molecular weight excluding hydrogens is 309 g/mol. The van der Waals surface area contributed by atoms with E-state index in [0.29, 0.717) is 0 Å². The van der Waals surface area contributed by atoms with Crippen LogP contribution in [0.1, 0.15) is 23.3 Å². The fraction of sp³-hybridized carbons (Fsp3) is 0.250. The summed E-state index contributed by atoms with van der Waals surface area (Å²) in [6.07, 6.45) is 0. The lowest BCUT2D eigenvalue weighted by atomic mass is 10.1. The number of thioether (sulfide) groups is 1. The van der Waals surface area contributed by atoms with Crippen LogP contribution in [0.3, 0.4) is 0 Å². The van der Waals surface area contributed by atoms with Gasteiger partial charge in [-0.25, -0.2) is 0 Å². The van der Waals surface area contributed by atoms with E-state index in [1.807, 2.05) is 55.5 Å². The Balaban J connectivity index is 2.15. The number of hydrogen-bond acceptors (Lipinski definition) is 2. The van der Waals surface area contributed by atoms with E-state index in [1.54, 1.807) is 11.8 Å². The molecule has 0 bridgehead atoms. The second-order valence-electron chi connectivity index (χ2n) is 4.70. The molecule has 2 rings (SSSR count). The predicted molar refractivity (Wildman–Crippen MR) is 90.6 cm³/mol. The number of benzene rings is 2. The molecule has 0 spiro atoms. The average Bonchev–Trinajstić information content (AvgIpc) is 2.42. The van der Waals surface area contributed by atoms with Crippen molar-refractivity contribution >= 4 is 35.0 Å². The highest BCUT2D eigenvalue weighted by Gasteiger charge is 2.19. The summed E-state index contributed by atoms with van der Waals surface area (Å²) in [6, 6.07) is 15.8. The van der Waals surface area contributed by atoms with Crippen molar-refractivity contribution in [2.24, 2.45) is 5.73 Å². The maximum absolute atomic E-state index is 6.28. The van der Waals surface area contributed by atoms with Crippen LogP contribution in [0.2, 0.25) is 10.0 Å². The third-order valence-corrected chi connectivity index (χ3v) is 5.30. The normalized spacial score (nSPS) is 14.0. The van der Waals surface area contributed by atoms with Gasteiger partial charge >= 0.3 is 0 Å². The third-order valence-electron chi connectivity index (χ3n) is 3.07. The molecule has 2 aromatic rings. The highest BCUT2D eigenvalue weighted by atomic mass is 35.5. The molecule has 0 aliphatic carbocycles. The molecular formula is C16H17Cl2NS. The van der Waals surface area contributed by atoms with E-state index in [9.17, 15) is 0 Å². The molecule has 0 saturated carbocycles. The van der Waals surface area contributed by atoms with Crippen molar-refractivity contribution in [3.8, 4) is 0 Å². The van der Waals surface area contributed by atoms with E-state index in [2.05, 4.69) is 0 Å². The highest BCUT2D eigenvalue weighted by Crippen LogP contribution is 2.38. The van der Waals surface area contributed by atoms with Gasteiger partial charge in [0.2, 0.25) is 0 Å².